The second-order valence-corrected chi connectivity index (χ2v) is 5.67. The number of hydrogen-bond donors (Lipinski definition) is 0. The summed E-state index contributed by atoms with van der Waals surface area (Å²) in [5, 5.41) is 0. The molecule has 4 nitrogen and oxygen atoms in total. The molecule has 0 N–H and O–H groups in total. The van der Waals surface area contributed by atoms with Crippen LogP contribution in [0.2, 0.25) is 0 Å². The van der Waals surface area contributed by atoms with Crippen LogP contribution >= 0.6 is 0 Å². The van der Waals surface area contributed by atoms with Gasteiger partial charge in [-0.3, -0.25) is 9.78 Å². The van der Waals surface area contributed by atoms with Gasteiger partial charge in [-0.15, -0.1) is 0 Å². The highest BCUT2D eigenvalue weighted by Crippen LogP contribution is 2.36. The zero-order valence-electron chi connectivity index (χ0n) is 11.5. The first-order valence-electron chi connectivity index (χ1n) is 6.04. The van der Waals surface area contributed by atoms with Crippen LogP contribution in [0.15, 0.2) is 12.1 Å². The topological polar surface area (TPSA) is 48.4 Å². The molecule has 0 unspecified atom stereocenters. The van der Waals surface area contributed by atoms with Gasteiger partial charge in [0.25, 0.3) is 0 Å². The zero-order valence-corrected chi connectivity index (χ0v) is 11.5. The molecule has 1 saturated heterocycles. The molecule has 2 heterocycles. The number of carbonyl (C=O) groups excluding carboxylic acids is 1. The molecule has 1 aliphatic rings. The molecule has 0 atom stereocenters. The Kier molecular flexibility index (Phi) is 3.07. The summed E-state index contributed by atoms with van der Waals surface area (Å²) in [7, 11) is -0.520. The van der Waals surface area contributed by atoms with Crippen LogP contribution in [0.3, 0.4) is 0 Å². The van der Waals surface area contributed by atoms with E-state index >= 15 is 0 Å². The van der Waals surface area contributed by atoms with Crippen molar-refractivity contribution in [3.05, 3.63) is 23.4 Å². The summed E-state index contributed by atoms with van der Waals surface area (Å²) in [5.41, 5.74) is 1.22. The molecule has 1 aliphatic heterocycles. The lowest BCUT2D eigenvalue weighted by molar-refractivity contribution is 0.00578. The fraction of sp³-hybridized carbons (Fsp3) is 0.538. The number of carbonyl (C=O) groups is 1. The van der Waals surface area contributed by atoms with Crippen molar-refractivity contribution in [2.75, 3.05) is 0 Å². The molecule has 1 fully saturated rings. The number of hydrogen-bond acceptors (Lipinski definition) is 4. The van der Waals surface area contributed by atoms with E-state index in [-0.39, 0.29) is 0 Å². The molecule has 5 heteroatoms. The molecule has 2 rings (SSSR count). The molecule has 0 spiro atoms. The molecule has 1 aromatic rings. The van der Waals surface area contributed by atoms with Crippen molar-refractivity contribution in [3.63, 3.8) is 0 Å². The number of aldehydes is 1. The van der Waals surface area contributed by atoms with E-state index in [9.17, 15) is 4.79 Å². The monoisotopic (exact) mass is 247 g/mol. The maximum atomic E-state index is 10.9. The summed E-state index contributed by atoms with van der Waals surface area (Å²) >= 11 is 0. The Morgan fingerprint density at radius 2 is 1.72 bits per heavy atom. The van der Waals surface area contributed by atoms with Crippen LogP contribution in [0, 0.1) is 6.92 Å². The van der Waals surface area contributed by atoms with E-state index in [1.54, 1.807) is 12.1 Å². The number of aryl methyl sites for hydroxylation is 1. The first-order valence-corrected chi connectivity index (χ1v) is 6.04. The van der Waals surface area contributed by atoms with Crippen LogP contribution in [0.5, 0.6) is 0 Å². The van der Waals surface area contributed by atoms with Crippen LogP contribution in [0.4, 0.5) is 0 Å². The summed E-state index contributed by atoms with van der Waals surface area (Å²) in [5.74, 6) is 0. The third-order valence-corrected chi connectivity index (χ3v) is 3.63. The first kappa shape index (κ1) is 13.2. The molecule has 96 valence electrons. The van der Waals surface area contributed by atoms with E-state index in [1.807, 2.05) is 34.6 Å². The van der Waals surface area contributed by atoms with Gasteiger partial charge in [0, 0.05) is 11.3 Å². The van der Waals surface area contributed by atoms with Crippen molar-refractivity contribution < 1.29 is 14.1 Å². The highest BCUT2D eigenvalue weighted by Gasteiger charge is 2.52. The zero-order chi connectivity index (χ0) is 13.6. The predicted octanol–water partition coefficient (Wildman–Crippen LogP) is 1.50. The van der Waals surface area contributed by atoms with Crippen molar-refractivity contribution in [2.24, 2.45) is 0 Å². The van der Waals surface area contributed by atoms with E-state index in [0.717, 1.165) is 12.0 Å². The Morgan fingerprint density at radius 1 is 1.17 bits per heavy atom. The summed E-state index contributed by atoms with van der Waals surface area (Å²) < 4.78 is 11.8. The molecule has 0 bridgehead atoms. The second kappa shape index (κ2) is 4.18. The van der Waals surface area contributed by atoms with E-state index in [0.29, 0.717) is 11.2 Å². The molecular formula is C13H18BNO3. The Bertz CT molecular complexity index is 469. The maximum absolute atomic E-state index is 10.9. The number of aromatic nitrogens is 1. The molecule has 0 radical (unpaired) electrons. The van der Waals surface area contributed by atoms with Crippen LogP contribution in [-0.4, -0.2) is 29.6 Å². The van der Waals surface area contributed by atoms with Crippen molar-refractivity contribution in [1.29, 1.82) is 0 Å². The maximum Gasteiger partial charge on any atom is 0.514 e. The van der Waals surface area contributed by atoms with Gasteiger partial charge in [-0.1, -0.05) is 0 Å². The molecule has 18 heavy (non-hydrogen) atoms. The number of nitrogens with zero attached hydrogens (tertiary/aromatic N) is 1. The molecule has 1 aromatic heterocycles. The largest absolute Gasteiger partial charge is 0.514 e. The van der Waals surface area contributed by atoms with E-state index < -0.39 is 18.3 Å². The van der Waals surface area contributed by atoms with Gasteiger partial charge in [-0.25, -0.2) is 0 Å². The highest BCUT2D eigenvalue weighted by atomic mass is 16.7. The molecule has 0 saturated carbocycles. The van der Waals surface area contributed by atoms with Gasteiger partial charge >= 0.3 is 7.12 Å². The van der Waals surface area contributed by atoms with Crippen molar-refractivity contribution in [3.8, 4) is 0 Å². The van der Waals surface area contributed by atoms with Gasteiger partial charge in [-0.05, 0) is 46.8 Å². The smallest absolute Gasteiger partial charge is 0.398 e. The van der Waals surface area contributed by atoms with Crippen LogP contribution in [-0.2, 0) is 9.31 Å². The van der Waals surface area contributed by atoms with Crippen LogP contribution < -0.4 is 5.59 Å². The average molecular weight is 247 g/mol. The lowest BCUT2D eigenvalue weighted by Gasteiger charge is -2.32. The lowest BCUT2D eigenvalue weighted by atomic mass is 9.83. The lowest BCUT2D eigenvalue weighted by Crippen LogP contribution is -2.41. The predicted molar refractivity (Wildman–Crippen MR) is 70.1 cm³/mol. The average Bonchev–Trinajstić information content (AvgIpc) is 2.47. The fourth-order valence-electron chi connectivity index (χ4n) is 1.87. The van der Waals surface area contributed by atoms with E-state index in [2.05, 4.69) is 4.98 Å². The normalized spacial score (nSPS) is 21.1. The number of pyridine rings is 1. The van der Waals surface area contributed by atoms with Crippen molar-refractivity contribution in [1.82, 2.24) is 4.98 Å². The summed E-state index contributed by atoms with van der Waals surface area (Å²) in [6.45, 7) is 9.81. The van der Waals surface area contributed by atoms with Gasteiger partial charge < -0.3 is 9.31 Å². The molecule has 0 amide bonds. The molecule has 0 aromatic carbocycles. The summed E-state index contributed by atoms with van der Waals surface area (Å²) in [6.07, 6.45) is 0.809. The quantitative estimate of drug-likeness (QED) is 0.587. The molecule has 0 aliphatic carbocycles. The Hall–Kier alpha value is -1.20. The first-order chi connectivity index (χ1) is 8.25. The summed E-state index contributed by atoms with van der Waals surface area (Å²) in [6, 6.07) is 3.45. The minimum Gasteiger partial charge on any atom is -0.398 e. The van der Waals surface area contributed by atoms with Gasteiger partial charge in [0.15, 0.2) is 0 Å². The van der Waals surface area contributed by atoms with Gasteiger partial charge in [-0.2, -0.15) is 0 Å². The van der Waals surface area contributed by atoms with Crippen LogP contribution in [0.25, 0.3) is 0 Å². The van der Waals surface area contributed by atoms with Gasteiger partial charge in [0.2, 0.25) is 0 Å². The third kappa shape index (κ3) is 2.20. The highest BCUT2D eigenvalue weighted by molar-refractivity contribution is 6.61. The SMILES string of the molecule is Cc1cc(C=O)cc(B2OC(C)(C)C(C)(C)O2)n1. The Morgan fingerprint density at radius 3 is 2.22 bits per heavy atom. The summed E-state index contributed by atoms with van der Waals surface area (Å²) in [4.78, 5) is 15.3. The standard InChI is InChI=1S/C13H18BNO3/c1-9-6-10(8-16)7-11(15-9)14-17-12(2,3)13(4,5)18-14/h6-8H,1-5H3. The van der Waals surface area contributed by atoms with Crippen LogP contribution in [0.1, 0.15) is 43.7 Å². The van der Waals surface area contributed by atoms with E-state index in [1.165, 1.54) is 0 Å². The minimum absolute atomic E-state index is 0.398. The molecular weight excluding hydrogens is 229 g/mol. The van der Waals surface area contributed by atoms with Gasteiger partial charge in [0.1, 0.15) is 6.29 Å². The van der Waals surface area contributed by atoms with E-state index in [4.69, 9.17) is 9.31 Å². The number of rotatable bonds is 2. The fourth-order valence-corrected chi connectivity index (χ4v) is 1.87. The Balaban J connectivity index is 2.35. The third-order valence-electron chi connectivity index (χ3n) is 3.63. The Labute approximate surface area is 108 Å². The minimum atomic E-state index is -0.520. The van der Waals surface area contributed by atoms with Crippen molar-refractivity contribution >= 4 is 19.0 Å². The second-order valence-electron chi connectivity index (χ2n) is 5.67. The van der Waals surface area contributed by atoms with Gasteiger partial charge in [0.05, 0.1) is 16.8 Å². The van der Waals surface area contributed by atoms with Crippen molar-refractivity contribution in [2.45, 2.75) is 45.8 Å².